The molecule has 0 N–H and O–H groups in total. The molecule has 0 saturated heterocycles. The van der Waals surface area contributed by atoms with E-state index in [9.17, 15) is 0 Å². The van der Waals surface area contributed by atoms with Gasteiger partial charge in [0.25, 0.3) is 0 Å². The Morgan fingerprint density at radius 1 is 1.40 bits per heavy atom. The molecule has 10 heavy (non-hydrogen) atoms. The Morgan fingerprint density at radius 2 is 2.10 bits per heavy atom. The first-order valence-corrected chi connectivity index (χ1v) is 3.73. The average Bonchev–Trinajstić information content (AvgIpc) is 1.88. The van der Waals surface area contributed by atoms with E-state index in [1.54, 1.807) is 6.33 Å². The van der Waals surface area contributed by atoms with Gasteiger partial charge in [-0.25, -0.2) is 9.97 Å². The maximum Gasteiger partial charge on any atom is 0.115 e. The van der Waals surface area contributed by atoms with Crippen molar-refractivity contribution in [2.75, 3.05) is 0 Å². The van der Waals surface area contributed by atoms with E-state index in [-0.39, 0.29) is 0 Å². The van der Waals surface area contributed by atoms with Gasteiger partial charge in [-0.2, -0.15) is 0 Å². The van der Waals surface area contributed by atoms with Crippen LogP contribution in [0.5, 0.6) is 0 Å². The van der Waals surface area contributed by atoms with Crippen LogP contribution in [0.4, 0.5) is 0 Å². The fourth-order valence-electron chi connectivity index (χ4n) is 0.688. The van der Waals surface area contributed by atoms with Crippen molar-refractivity contribution in [3.63, 3.8) is 0 Å². The van der Waals surface area contributed by atoms with Crippen LogP contribution in [-0.2, 0) is 0 Å². The molecule has 0 aliphatic heterocycles. The third kappa shape index (κ3) is 1.64. The molecule has 1 aromatic rings. The minimum Gasteiger partial charge on any atom is -0.247 e. The van der Waals surface area contributed by atoms with Gasteiger partial charge < -0.3 is 0 Å². The van der Waals surface area contributed by atoms with Crippen LogP contribution < -0.4 is 5.32 Å². The van der Waals surface area contributed by atoms with Gasteiger partial charge in [0.1, 0.15) is 6.33 Å². The van der Waals surface area contributed by atoms with E-state index >= 15 is 0 Å². The summed E-state index contributed by atoms with van der Waals surface area (Å²) in [7, 11) is 3.33. The van der Waals surface area contributed by atoms with Crippen LogP contribution in [0.3, 0.4) is 0 Å². The minimum atomic E-state index is 0.470. The van der Waals surface area contributed by atoms with Gasteiger partial charge in [0.2, 0.25) is 0 Å². The summed E-state index contributed by atoms with van der Waals surface area (Å²) < 4.78 is 0. The van der Waals surface area contributed by atoms with Crippen molar-refractivity contribution in [3.05, 3.63) is 18.1 Å². The van der Waals surface area contributed by atoms with E-state index in [0.717, 1.165) is 11.0 Å². The van der Waals surface area contributed by atoms with Crippen molar-refractivity contribution in [2.45, 2.75) is 19.8 Å². The van der Waals surface area contributed by atoms with Crippen molar-refractivity contribution in [3.8, 4) is 0 Å². The summed E-state index contributed by atoms with van der Waals surface area (Å²) in [5.74, 6) is 0.470. The van der Waals surface area contributed by atoms with Crippen molar-refractivity contribution >= 4 is 15.6 Å². The quantitative estimate of drug-likeness (QED) is 0.540. The predicted molar refractivity (Wildman–Crippen MR) is 41.5 cm³/mol. The first-order chi connectivity index (χ1) is 4.70. The molecule has 0 unspecified atom stereocenters. The highest BCUT2D eigenvalue weighted by molar-refractivity contribution is 6.30. The summed E-state index contributed by atoms with van der Waals surface area (Å²) >= 11 is 0. The number of hydrogen-bond donors (Lipinski definition) is 0. The Morgan fingerprint density at radius 3 is 2.50 bits per heavy atom. The van der Waals surface area contributed by atoms with Crippen molar-refractivity contribution in [2.24, 2.45) is 0 Å². The molecule has 1 rings (SSSR count). The van der Waals surface area contributed by atoms with E-state index in [1.807, 2.05) is 6.07 Å². The molecule has 2 nitrogen and oxygen atoms in total. The van der Waals surface area contributed by atoms with E-state index < -0.39 is 0 Å². The van der Waals surface area contributed by atoms with Crippen LogP contribution in [-0.4, -0.2) is 20.2 Å². The third-order valence-corrected chi connectivity index (χ3v) is 1.55. The third-order valence-electron chi connectivity index (χ3n) is 1.28. The standard InChI is InChI=1S/C7H9N2Si/c1-5(2)6-3-7(10)9-4-8-6/h3-5H,1-2H3. The Kier molecular flexibility index (Phi) is 2.16. The molecule has 0 spiro atoms. The summed E-state index contributed by atoms with van der Waals surface area (Å²) in [6, 6.07) is 1.93. The zero-order valence-corrected chi connectivity index (χ0v) is 7.13. The van der Waals surface area contributed by atoms with E-state index in [0.29, 0.717) is 5.92 Å². The maximum atomic E-state index is 4.10. The number of rotatable bonds is 1. The molecule has 3 heteroatoms. The summed E-state index contributed by atoms with van der Waals surface area (Å²) in [6.45, 7) is 4.21. The summed E-state index contributed by atoms with van der Waals surface area (Å²) in [6.07, 6.45) is 1.57. The first-order valence-electron chi connectivity index (χ1n) is 3.23. The molecule has 3 radical (unpaired) electrons. The Labute approximate surface area is 64.1 Å². The second-order valence-electron chi connectivity index (χ2n) is 2.48. The molecule has 0 aliphatic carbocycles. The number of hydrogen-bond acceptors (Lipinski definition) is 2. The SMILES string of the molecule is CC(C)c1cc([Si])ncn1. The second kappa shape index (κ2) is 2.92. The van der Waals surface area contributed by atoms with Crippen molar-refractivity contribution in [1.29, 1.82) is 0 Å². The van der Waals surface area contributed by atoms with Gasteiger partial charge in [-0.1, -0.05) is 13.8 Å². The molecule has 0 amide bonds. The molecular formula is C7H9N2Si. The summed E-state index contributed by atoms with van der Waals surface area (Å²) in [5.41, 5.74) is 1.07. The molecule has 0 aromatic carbocycles. The molecule has 0 saturated carbocycles. The Balaban J connectivity index is 2.96. The van der Waals surface area contributed by atoms with Crippen molar-refractivity contribution in [1.82, 2.24) is 9.97 Å². The van der Waals surface area contributed by atoms with Gasteiger partial charge in [0.05, 0.1) is 10.2 Å². The summed E-state index contributed by atoms with van der Waals surface area (Å²) in [5, 5.41) is 0.846. The molecule has 0 atom stereocenters. The van der Waals surface area contributed by atoms with Crippen LogP contribution in [0, 0.1) is 0 Å². The lowest BCUT2D eigenvalue weighted by Crippen LogP contribution is -2.10. The van der Waals surface area contributed by atoms with E-state index in [4.69, 9.17) is 0 Å². The zero-order chi connectivity index (χ0) is 7.56. The van der Waals surface area contributed by atoms with Gasteiger partial charge in [0, 0.05) is 11.0 Å². The molecule has 0 bridgehead atoms. The summed E-state index contributed by atoms with van der Waals surface area (Å²) in [4.78, 5) is 8.02. The fraction of sp³-hybridized carbons (Fsp3) is 0.429. The van der Waals surface area contributed by atoms with Crippen molar-refractivity contribution < 1.29 is 0 Å². The van der Waals surface area contributed by atoms with Crippen LogP contribution in [0.25, 0.3) is 0 Å². The molecule has 1 aromatic heterocycles. The lowest BCUT2D eigenvalue weighted by Gasteiger charge is -2.02. The zero-order valence-electron chi connectivity index (χ0n) is 6.13. The molecule has 0 aliphatic rings. The molecule has 1 heterocycles. The van der Waals surface area contributed by atoms with E-state index in [2.05, 4.69) is 34.1 Å². The molecule has 51 valence electrons. The average molecular weight is 149 g/mol. The molecule has 0 fully saturated rings. The smallest absolute Gasteiger partial charge is 0.115 e. The molecular weight excluding hydrogens is 140 g/mol. The normalized spacial score (nSPS) is 10.4. The van der Waals surface area contributed by atoms with Gasteiger partial charge in [-0.3, -0.25) is 0 Å². The predicted octanol–water partition coefficient (Wildman–Crippen LogP) is 0.394. The lowest BCUT2D eigenvalue weighted by atomic mass is 10.1. The number of nitrogens with zero attached hydrogens (tertiary/aromatic N) is 2. The highest BCUT2D eigenvalue weighted by Crippen LogP contribution is 2.06. The monoisotopic (exact) mass is 149 g/mol. The topological polar surface area (TPSA) is 25.8 Å². The van der Waals surface area contributed by atoms with Gasteiger partial charge in [0.15, 0.2) is 0 Å². The fourth-order valence-corrected chi connectivity index (χ4v) is 0.894. The maximum absolute atomic E-state index is 4.10. The van der Waals surface area contributed by atoms with Crippen LogP contribution >= 0.6 is 0 Å². The Hall–Kier alpha value is -0.703. The van der Waals surface area contributed by atoms with E-state index in [1.165, 1.54) is 0 Å². The van der Waals surface area contributed by atoms with Crippen LogP contribution in [0.2, 0.25) is 0 Å². The largest absolute Gasteiger partial charge is 0.247 e. The minimum absolute atomic E-state index is 0.470. The highest BCUT2D eigenvalue weighted by atomic mass is 28.1. The highest BCUT2D eigenvalue weighted by Gasteiger charge is 1.98. The van der Waals surface area contributed by atoms with Crippen LogP contribution in [0.15, 0.2) is 12.4 Å². The number of aromatic nitrogens is 2. The Bertz CT molecular complexity index is 223. The first kappa shape index (κ1) is 7.40. The van der Waals surface area contributed by atoms with Gasteiger partial charge in [-0.15, -0.1) is 0 Å². The second-order valence-corrected chi connectivity index (χ2v) is 3.00. The van der Waals surface area contributed by atoms with Gasteiger partial charge >= 0.3 is 0 Å². The lowest BCUT2D eigenvalue weighted by molar-refractivity contribution is 0.817. The van der Waals surface area contributed by atoms with Gasteiger partial charge in [-0.05, 0) is 12.0 Å². The van der Waals surface area contributed by atoms with Crippen LogP contribution in [0.1, 0.15) is 25.5 Å².